The van der Waals surface area contributed by atoms with E-state index in [1.807, 2.05) is 49.5 Å². The van der Waals surface area contributed by atoms with Gasteiger partial charge in [0.05, 0.1) is 25.3 Å². The number of methoxy groups -OCH3 is 1. The van der Waals surface area contributed by atoms with Gasteiger partial charge in [0.25, 0.3) is 0 Å². The second kappa shape index (κ2) is 10.7. The second-order valence-electron chi connectivity index (χ2n) is 9.71. The lowest BCUT2D eigenvalue weighted by molar-refractivity contribution is 0.123. The maximum atomic E-state index is 12.9. The first-order valence-corrected chi connectivity index (χ1v) is 12.8. The first kappa shape index (κ1) is 24.3. The molecule has 0 saturated carbocycles. The van der Waals surface area contributed by atoms with E-state index in [0.29, 0.717) is 6.54 Å². The molecule has 3 N–H and O–H groups in total. The van der Waals surface area contributed by atoms with Crippen molar-refractivity contribution in [3.05, 3.63) is 59.7 Å². The van der Waals surface area contributed by atoms with Crippen molar-refractivity contribution < 1.29 is 14.6 Å². The second-order valence-corrected chi connectivity index (χ2v) is 9.71. The Labute approximate surface area is 212 Å². The number of nitrogens with one attached hydrogen (secondary N) is 2. The number of anilines is 2. The summed E-state index contributed by atoms with van der Waals surface area (Å²) in [5, 5.41) is 16.7. The number of amides is 2. The fourth-order valence-electron chi connectivity index (χ4n) is 5.48. The summed E-state index contributed by atoms with van der Waals surface area (Å²) in [6.45, 7) is 2.69. The maximum Gasteiger partial charge on any atom is 0.321 e. The van der Waals surface area contributed by atoms with E-state index < -0.39 is 0 Å². The van der Waals surface area contributed by atoms with E-state index >= 15 is 0 Å². The number of piperidine rings is 1. The predicted molar refractivity (Wildman–Crippen MR) is 143 cm³/mol. The molecule has 1 fully saturated rings. The zero-order valence-electron chi connectivity index (χ0n) is 21.0. The van der Waals surface area contributed by atoms with Crippen molar-refractivity contribution in [3.8, 4) is 5.75 Å². The summed E-state index contributed by atoms with van der Waals surface area (Å²) < 4.78 is 5.60. The number of pyridine rings is 1. The largest absolute Gasteiger partial charge is 0.496 e. The highest BCUT2D eigenvalue weighted by Crippen LogP contribution is 2.39. The van der Waals surface area contributed by atoms with E-state index in [1.54, 1.807) is 12.0 Å². The van der Waals surface area contributed by atoms with E-state index in [2.05, 4.69) is 21.6 Å². The zero-order chi connectivity index (χ0) is 25.1. The number of hydrogen-bond donors (Lipinski definition) is 3. The molecule has 0 radical (unpaired) electrons. The third-order valence-electron chi connectivity index (χ3n) is 7.53. The van der Waals surface area contributed by atoms with Crippen LogP contribution in [0.15, 0.2) is 48.5 Å². The quantitative estimate of drug-likeness (QED) is 0.459. The lowest BCUT2D eigenvalue weighted by Gasteiger charge is -2.36. The molecule has 2 heterocycles. The summed E-state index contributed by atoms with van der Waals surface area (Å²) in [6.07, 6.45) is 3.86. The number of β-amino-alcohol motifs (C(OH)–C–C–N with tert-alkyl or cyclic N) is 1. The Morgan fingerprint density at radius 1 is 1.17 bits per heavy atom. The first-order chi connectivity index (χ1) is 17.6. The molecule has 1 saturated heterocycles. The molecular formula is C28H35N5O3. The van der Waals surface area contributed by atoms with Crippen LogP contribution in [0, 0.1) is 0 Å². The van der Waals surface area contributed by atoms with Gasteiger partial charge in [-0.2, -0.15) is 0 Å². The Kier molecular flexibility index (Phi) is 7.25. The van der Waals surface area contributed by atoms with Crippen molar-refractivity contribution in [2.75, 3.05) is 51.0 Å². The van der Waals surface area contributed by atoms with Gasteiger partial charge in [0.2, 0.25) is 0 Å². The van der Waals surface area contributed by atoms with Crippen molar-refractivity contribution in [2.24, 2.45) is 0 Å². The van der Waals surface area contributed by atoms with Gasteiger partial charge >= 0.3 is 6.03 Å². The Hall–Kier alpha value is -3.36. The van der Waals surface area contributed by atoms with E-state index in [-0.39, 0.29) is 24.7 Å². The zero-order valence-corrected chi connectivity index (χ0v) is 21.0. The molecule has 8 heteroatoms. The Morgan fingerprint density at radius 2 is 2.00 bits per heavy atom. The molecule has 1 aliphatic carbocycles. The molecule has 1 unspecified atom stereocenters. The number of aryl methyl sites for hydroxylation is 1. The fourth-order valence-corrected chi connectivity index (χ4v) is 5.48. The number of aromatic nitrogens is 1. The summed E-state index contributed by atoms with van der Waals surface area (Å²) >= 11 is 0. The van der Waals surface area contributed by atoms with E-state index in [4.69, 9.17) is 14.8 Å². The summed E-state index contributed by atoms with van der Waals surface area (Å²) in [4.78, 5) is 21.7. The van der Waals surface area contributed by atoms with Crippen molar-refractivity contribution in [2.45, 2.75) is 37.8 Å². The van der Waals surface area contributed by atoms with Crippen molar-refractivity contribution in [1.82, 2.24) is 14.8 Å². The third-order valence-corrected chi connectivity index (χ3v) is 7.53. The van der Waals surface area contributed by atoms with Gasteiger partial charge in [0, 0.05) is 49.4 Å². The van der Waals surface area contributed by atoms with Gasteiger partial charge in [0.1, 0.15) is 11.6 Å². The molecule has 2 aliphatic rings. The average molecular weight is 490 g/mol. The van der Waals surface area contributed by atoms with Crippen LogP contribution in [0.2, 0.25) is 0 Å². The van der Waals surface area contributed by atoms with Crippen LogP contribution < -0.4 is 15.4 Å². The summed E-state index contributed by atoms with van der Waals surface area (Å²) in [5.41, 5.74) is 4.19. The number of ether oxygens (including phenoxy) is 1. The third kappa shape index (κ3) is 5.10. The van der Waals surface area contributed by atoms with Gasteiger partial charge in [-0.15, -0.1) is 0 Å². The molecular weight excluding hydrogens is 454 g/mol. The minimum atomic E-state index is -0.102. The van der Waals surface area contributed by atoms with E-state index in [9.17, 15) is 4.79 Å². The highest BCUT2D eigenvalue weighted by molar-refractivity contribution is 5.93. The lowest BCUT2D eigenvalue weighted by atomic mass is 10.0. The van der Waals surface area contributed by atoms with Crippen LogP contribution in [0.4, 0.5) is 16.3 Å². The number of carbonyl (C=O) groups excluding carboxylic acids is 1. The topological polar surface area (TPSA) is 90.0 Å². The highest BCUT2D eigenvalue weighted by Gasteiger charge is 2.27. The maximum absolute atomic E-state index is 12.9. The van der Waals surface area contributed by atoms with Crippen LogP contribution in [0.3, 0.4) is 0 Å². The number of aliphatic hydroxyl groups excluding tert-OH is 1. The van der Waals surface area contributed by atoms with Crippen LogP contribution in [0.1, 0.15) is 36.4 Å². The van der Waals surface area contributed by atoms with E-state index in [0.717, 1.165) is 66.9 Å². The van der Waals surface area contributed by atoms with Crippen LogP contribution >= 0.6 is 0 Å². The molecule has 2 amide bonds. The SMILES string of the molecule is COc1cccc2c1C(Nc1ccc3cc(NC(=O)N(C)C4CCN(CCO)CC4)ccc3n1)CC2. The van der Waals surface area contributed by atoms with Crippen molar-refractivity contribution in [3.63, 3.8) is 0 Å². The van der Waals surface area contributed by atoms with Gasteiger partial charge in [-0.3, -0.25) is 0 Å². The van der Waals surface area contributed by atoms with Gasteiger partial charge in [-0.05, 0) is 67.6 Å². The highest BCUT2D eigenvalue weighted by atomic mass is 16.5. The summed E-state index contributed by atoms with van der Waals surface area (Å²) in [6, 6.07) is 16.4. The Bertz CT molecular complexity index is 1230. The monoisotopic (exact) mass is 489 g/mol. The molecule has 190 valence electrons. The number of hydrogen-bond acceptors (Lipinski definition) is 6. The Morgan fingerprint density at radius 3 is 2.78 bits per heavy atom. The number of nitrogens with zero attached hydrogens (tertiary/aromatic N) is 3. The van der Waals surface area contributed by atoms with Gasteiger partial charge in [-0.1, -0.05) is 12.1 Å². The molecule has 1 aliphatic heterocycles. The molecule has 0 bridgehead atoms. The number of carbonyl (C=O) groups is 1. The molecule has 1 atom stereocenters. The van der Waals surface area contributed by atoms with Crippen LogP contribution in [-0.4, -0.2) is 72.4 Å². The molecule has 2 aromatic carbocycles. The van der Waals surface area contributed by atoms with Gasteiger partial charge in [-0.25, -0.2) is 9.78 Å². The summed E-state index contributed by atoms with van der Waals surface area (Å²) in [5.74, 6) is 1.75. The number of aliphatic hydroxyl groups is 1. The molecule has 0 spiro atoms. The number of likely N-dealkylation sites (tertiary alicyclic amines) is 1. The standard InChI is InChI=1S/C28H35N5O3/c1-32(22-12-14-33(15-13-22)16-17-34)28(35)29-21-8-10-23-20(18-21)7-11-26(30-23)31-24-9-6-19-4-3-5-25(36-2)27(19)24/h3-5,7-8,10-11,18,22,24,34H,6,9,12-17H2,1-2H3,(H,29,35)(H,30,31). The fraction of sp³-hybridized carbons (Fsp3) is 0.429. The van der Waals surface area contributed by atoms with E-state index in [1.165, 1.54) is 11.1 Å². The predicted octanol–water partition coefficient (Wildman–Crippen LogP) is 4.26. The smallest absolute Gasteiger partial charge is 0.321 e. The van der Waals surface area contributed by atoms with Crippen molar-refractivity contribution in [1.29, 1.82) is 0 Å². The normalized spacial score (nSPS) is 18.1. The molecule has 1 aromatic heterocycles. The molecule has 5 rings (SSSR count). The van der Waals surface area contributed by atoms with Crippen LogP contribution in [-0.2, 0) is 6.42 Å². The van der Waals surface area contributed by atoms with Gasteiger partial charge < -0.3 is 30.3 Å². The number of rotatable bonds is 7. The lowest BCUT2D eigenvalue weighted by Crippen LogP contribution is -2.47. The number of benzene rings is 2. The molecule has 8 nitrogen and oxygen atoms in total. The summed E-state index contributed by atoms with van der Waals surface area (Å²) in [7, 11) is 3.58. The first-order valence-electron chi connectivity index (χ1n) is 12.8. The van der Waals surface area contributed by atoms with Crippen LogP contribution in [0.5, 0.6) is 5.75 Å². The Balaban J connectivity index is 1.23. The number of urea groups is 1. The molecule has 36 heavy (non-hydrogen) atoms. The van der Waals surface area contributed by atoms with Gasteiger partial charge in [0.15, 0.2) is 0 Å². The average Bonchev–Trinajstić information content (AvgIpc) is 3.32. The minimum absolute atomic E-state index is 0.102. The molecule has 3 aromatic rings. The number of fused-ring (bicyclic) bond motifs is 2. The van der Waals surface area contributed by atoms with Crippen LogP contribution in [0.25, 0.3) is 10.9 Å². The van der Waals surface area contributed by atoms with Crippen molar-refractivity contribution >= 4 is 28.4 Å². The minimum Gasteiger partial charge on any atom is -0.496 e.